The SMILES string of the molecule is COc1ccc(C2CC(=O)c3cc(-c4ccccc4)cc(-c4ccccc4)c3N2)cc1. The first kappa shape index (κ1) is 19.1. The van der Waals surface area contributed by atoms with Crippen molar-refractivity contribution in [1.82, 2.24) is 0 Å². The number of ether oxygens (including phenoxy) is 1. The minimum absolute atomic E-state index is 0.0732. The Balaban J connectivity index is 1.63. The number of hydrogen-bond acceptors (Lipinski definition) is 3. The van der Waals surface area contributed by atoms with E-state index in [1.165, 1.54) is 0 Å². The third-order valence-corrected chi connectivity index (χ3v) is 5.86. The van der Waals surface area contributed by atoms with Crippen LogP contribution in [-0.2, 0) is 0 Å². The van der Waals surface area contributed by atoms with Gasteiger partial charge in [-0.1, -0.05) is 72.8 Å². The fourth-order valence-corrected chi connectivity index (χ4v) is 4.22. The van der Waals surface area contributed by atoms with Crippen LogP contribution in [0, 0.1) is 0 Å². The Bertz CT molecular complexity index is 1220. The van der Waals surface area contributed by atoms with Gasteiger partial charge in [-0.2, -0.15) is 0 Å². The second kappa shape index (κ2) is 8.11. The number of methoxy groups -OCH3 is 1. The minimum atomic E-state index is -0.0732. The van der Waals surface area contributed by atoms with Crippen molar-refractivity contribution >= 4 is 11.5 Å². The van der Waals surface area contributed by atoms with E-state index in [9.17, 15) is 4.79 Å². The number of carbonyl (C=O) groups excluding carboxylic acids is 1. The third kappa shape index (κ3) is 3.71. The molecule has 1 atom stereocenters. The number of Topliss-reactive ketones (excluding diaryl/α,β-unsaturated/α-hetero) is 1. The molecule has 1 aliphatic heterocycles. The Kier molecular flexibility index (Phi) is 5.01. The van der Waals surface area contributed by atoms with E-state index in [2.05, 4.69) is 35.6 Å². The van der Waals surface area contributed by atoms with Crippen molar-refractivity contribution < 1.29 is 9.53 Å². The molecule has 0 radical (unpaired) electrons. The molecule has 0 amide bonds. The molecule has 3 nitrogen and oxygen atoms in total. The maximum atomic E-state index is 13.3. The van der Waals surface area contributed by atoms with Crippen molar-refractivity contribution in [3.8, 4) is 28.0 Å². The molecule has 3 heteroatoms. The zero-order chi connectivity index (χ0) is 21.2. The first-order valence-electron chi connectivity index (χ1n) is 10.5. The molecule has 0 fully saturated rings. The zero-order valence-corrected chi connectivity index (χ0v) is 17.3. The molecule has 1 heterocycles. The molecule has 1 aliphatic rings. The minimum Gasteiger partial charge on any atom is -0.497 e. The van der Waals surface area contributed by atoms with Crippen LogP contribution in [0.3, 0.4) is 0 Å². The van der Waals surface area contributed by atoms with E-state index in [0.29, 0.717) is 6.42 Å². The summed E-state index contributed by atoms with van der Waals surface area (Å²) in [4.78, 5) is 13.3. The standard InChI is InChI=1S/C28H23NO2/c1-31-23-14-12-21(13-15-23)26-18-27(30)25-17-22(19-8-4-2-5-9-19)16-24(28(25)29-26)20-10-6-3-7-11-20/h2-17,26,29H,18H2,1H3. The number of nitrogens with one attached hydrogen (secondary N) is 1. The van der Waals surface area contributed by atoms with E-state index in [4.69, 9.17) is 4.74 Å². The Morgan fingerprint density at radius 2 is 1.35 bits per heavy atom. The summed E-state index contributed by atoms with van der Waals surface area (Å²) in [6.07, 6.45) is 0.422. The van der Waals surface area contributed by atoms with E-state index in [1.807, 2.05) is 66.7 Å². The molecule has 0 aromatic heterocycles. The van der Waals surface area contributed by atoms with Crippen LogP contribution in [0.15, 0.2) is 97.1 Å². The van der Waals surface area contributed by atoms with Gasteiger partial charge in [0.1, 0.15) is 5.75 Å². The van der Waals surface area contributed by atoms with E-state index >= 15 is 0 Å². The molecular formula is C28H23NO2. The fraction of sp³-hybridized carbons (Fsp3) is 0.107. The summed E-state index contributed by atoms with van der Waals surface area (Å²) in [5.74, 6) is 0.966. The number of anilines is 1. The van der Waals surface area contributed by atoms with Crippen LogP contribution < -0.4 is 10.1 Å². The highest BCUT2D eigenvalue weighted by Gasteiger charge is 2.28. The number of ketones is 1. The molecule has 31 heavy (non-hydrogen) atoms. The van der Waals surface area contributed by atoms with Gasteiger partial charge in [0.15, 0.2) is 5.78 Å². The molecule has 4 aromatic rings. The Labute approximate surface area is 182 Å². The van der Waals surface area contributed by atoms with Crippen molar-refractivity contribution in [3.63, 3.8) is 0 Å². The first-order chi connectivity index (χ1) is 15.2. The Morgan fingerprint density at radius 3 is 2.00 bits per heavy atom. The third-order valence-electron chi connectivity index (χ3n) is 5.86. The molecule has 0 aliphatic carbocycles. The molecule has 0 bridgehead atoms. The topological polar surface area (TPSA) is 38.3 Å². The molecule has 5 rings (SSSR count). The van der Waals surface area contributed by atoms with Crippen molar-refractivity contribution in [3.05, 3.63) is 108 Å². The normalized spacial score (nSPS) is 15.1. The summed E-state index contributed by atoms with van der Waals surface area (Å²) in [6, 6.07) is 32.5. The second-order valence-electron chi connectivity index (χ2n) is 7.78. The lowest BCUT2D eigenvalue weighted by Gasteiger charge is -2.29. The fourth-order valence-electron chi connectivity index (χ4n) is 4.22. The Hall–Kier alpha value is -3.85. The average molecular weight is 405 g/mol. The predicted octanol–water partition coefficient (Wildman–Crippen LogP) is 6.77. The molecule has 0 saturated carbocycles. The van der Waals surface area contributed by atoms with Crippen LogP contribution in [0.2, 0.25) is 0 Å². The zero-order valence-electron chi connectivity index (χ0n) is 17.3. The highest BCUT2D eigenvalue weighted by molar-refractivity contribution is 6.08. The van der Waals surface area contributed by atoms with E-state index in [1.54, 1.807) is 7.11 Å². The number of carbonyl (C=O) groups is 1. The van der Waals surface area contributed by atoms with Crippen LogP contribution in [0.1, 0.15) is 28.4 Å². The summed E-state index contributed by atoms with van der Waals surface area (Å²) < 4.78 is 5.28. The molecule has 1 unspecified atom stereocenters. The van der Waals surface area contributed by atoms with Crippen LogP contribution >= 0.6 is 0 Å². The highest BCUT2D eigenvalue weighted by atomic mass is 16.5. The number of fused-ring (bicyclic) bond motifs is 1. The lowest BCUT2D eigenvalue weighted by atomic mass is 9.86. The number of rotatable bonds is 4. The van der Waals surface area contributed by atoms with Crippen LogP contribution in [-0.4, -0.2) is 12.9 Å². The lowest BCUT2D eigenvalue weighted by molar-refractivity contribution is 0.0972. The first-order valence-corrected chi connectivity index (χ1v) is 10.5. The van der Waals surface area contributed by atoms with Gasteiger partial charge in [-0.15, -0.1) is 0 Å². The van der Waals surface area contributed by atoms with Gasteiger partial charge < -0.3 is 10.1 Å². The smallest absolute Gasteiger partial charge is 0.167 e. The van der Waals surface area contributed by atoms with Gasteiger partial charge in [0.25, 0.3) is 0 Å². The van der Waals surface area contributed by atoms with E-state index < -0.39 is 0 Å². The maximum absolute atomic E-state index is 13.3. The van der Waals surface area contributed by atoms with Crippen molar-refractivity contribution in [2.24, 2.45) is 0 Å². The van der Waals surface area contributed by atoms with Gasteiger partial charge in [-0.05, 0) is 46.5 Å². The molecule has 1 N–H and O–H groups in total. The summed E-state index contributed by atoms with van der Waals surface area (Å²) in [5, 5.41) is 3.67. The maximum Gasteiger partial charge on any atom is 0.167 e. The van der Waals surface area contributed by atoms with Gasteiger partial charge in [-0.3, -0.25) is 4.79 Å². The van der Waals surface area contributed by atoms with Gasteiger partial charge in [0.2, 0.25) is 0 Å². The molecule has 0 saturated heterocycles. The largest absolute Gasteiger partial charge is 0.497 e. The molecular weight excluding hydrogens is 382 g/mol. The number of benzene rings is 4. The van der Waals surface area contributed by atoms with Crippen LogP contribution in [0.4, 0.5) is 5.69 Å². The molecule has 152 valence electrons. The predicted molar refractivity (Wildman–Crippen MR) is 126 cm³/mol. The van der Waals surface area contributed by atoms with Gasteiger partial charge in [-0.25, -0.2) is 0 Å². The van der Waals surface area contributed by atoms with Crippen molar-refractivity contribution in [2.45, 2.75) is 12.5 Å². The quantitative estimate of drug-likeness (QED) is 0.407. The summed E-state index contributed by atoms with van der Waals surface area (Å²) in [6.45, 7) is 0. The van der Waals surface area contributed by atoms with E-state index in [0.717, 1.165) is 44.8 Å². The monoisotopic (exact) mass is 405 g/mol. The average Bonchev–Trinajstić information content (AvgIpc) is 2.84. The second-order valence-corrected chi connectivity index (χ2v) is 7.78. The van der Waals surface area contributed by atoms with E-state index in [-0.39, 0.29) is 11.8 Å². The van der Waals surface area contributed by atoms with Crippen LogP contribution in [0.5, 0.6) is 5.75 Å². The number of hydrogen-bond donors (Lipinski definition) is 1. The Morgan fingerprint density at radius 1 is 0.742 bits per heavy atom. The van der Waals surface area contributed by atoms with Crippen molar-refractivity contribution in [1.29, 1.82) is 0 Å². The summed E-state index contributed by atoms with van der Waals surface area (Å²) >= 11 is 0. The van der Waals surface area contributed by atoms with Gasteiger partial charge >= 0.3 is 0 Å². The van der Waals surface area contributed by atoms with Crippen LogP contribution in [0.25, 0.3) is 22.3 Å². The van der Waals surface area contributed by atoms with Crippen molar-refractivity contribution in [2.75, 3.05) is 12.4 Å². The highest BCUT2D eigenvalue weighted by Crippen LogP contribution is 2.42. The molecule has 0 spiro atoms. The van der Waals surface area contributed by atoms with Gasteiger partial charge in [0.05, 0.1) is 18.8 Å². The summed E-state index contributed by atoms with van der Waals surface area (Å²) in [7, 11) is 1.66. The summed E-state index contributed by atoms with van der Waals surface area (Å²) in [5.41, 5.74) is 7.03. The molecule has 4 aromatic carbocycles. The lowest BCUT2D eigenvalue weighted by Crippen LogP contribution is -2.23. The van der Waals surface area contributed by atoms with Gasteiger partial charge in [0, 0.05) is 17.5 Å².